The smallest absolute Gasteiger partial charge is 0.367 e. The standard InChI is InChI=1S/C19H23F3N4O2/c1-13-14(12-24(2)3)17(23-28-13)18(27)26-10-8-25(9-11-26)16-7-5-4-6-15(16)19(20,21)22/h4-7H,8-12H2,1-3H3. The second-order valence-electron chi connectivity index (χ2n) is 7.10. The van der Waals surface area contributed by atoms with Gasteiger partial charge in [0.2, 0.25) is 0 Å². The van der Waals surface area contributed by atoms with E-state index >= 15 is 0 Å². The van der Waals surface area contributed by atoms with Crippen LogP contribution >= 0.6 is 0 Å². The third-order valence-corrected chi connectivity index (χ3v) is 4.78. The van der Waals surface area contributed by atoms with Gasteiger partial charge in [0.1, 0.15) is 5.76 Å². The van der Waals surface area contributed by atoms with Gasteiger partial charge in [-0.3, -0.25) is 4.79 Å². The molecule has 1 aliphatic heterocycles. The summed E-state index contributed by atoms with van der Waals surface area (Å²) in [6.07, 6.45) is -4.41. The van der Waals surface area contributed by atoms with Crippen molar-refractivity contribution in [3.05, 3.63) is 46.8 Å². The zero-order valence-electron chi connectivity index (χ0n) is 16.1. The first-order chi connectivity index (χ1) is 13.2. The number of piperazine rings is 1. The average Bonchev–Trinajstić information content (AvgIpc) is 3.00. The summed E-state index contributed by atoms with van der Waals surface area (Å²) in [7, 11) is 3.77. The summed E-state index contributed by atoms with van der Waals surface area (Å²) in [6, 6.07) is 5.52. The van der Waals surface area contributed by atoms with Crippen molar-refractivity contribution in [2.45, 2.75) is 19.6 Å². The fourth-order valence-corrected chi connectivity index (χ4v) is 3.35. The molecule has 1 aromatic heterocycles. The Morgan fingerprint density at radius 1 is 1.18 bits per heavy atom. The van der Waals surface area contributed by atoms with Crippen LogP contribution < -0.4 is 4.90 Å². The maximum absolute atomic E-state index is 13.3. The number of anilines is 1. The van der Waals surface area contributed by atoms with E-state index in [-0.39, 0.29) is 17.3 Å². The number of carbonyl (C=O) groups is 1. The lowest BCUT2D eigenvalue weighted by Gasteiger charge is -2.37. The number of alkyl halides is 3. The predicted molar refractivity (Wildman–Crippen MR) is 98.2 cm³/mol. The first-order valence-electron chi connectivity index (χ1n) is 8.99. The van der Waals surface area contributed by atoms with Crippen LogP contribution in [0.4, 0.5) is 18.9 Å². The number of aryl methyl sites for hydroxylation is 1. The Kier molecular flexibility index (Phi) is 5.64. The Labute approximate surface area is 161 Å². The Morgan fingerprint density at radius 3 is 2.43 bits per heavy atom. The molecule has 28 heavy (non-hydrogen) atoms. The van der Waals surface area contributed by atoms with Gasteiger partial charge in [0.15, 0.2) is 5.69 Å². The zero-order valence-corrected chi connectivity index (χ0v) is 16.1. The number of hydrogen-bond donors (Lipinski definition) is 0. The van der Waals surface area contributed by atoms with E-state index in [4.69, 9.17) is 4.52 Å². The third-order valence-electron chi connectivity index (χ3n) is 4.78. The van der Waals surface area contributed by atoms with Crippen LogP contribution in [0.1, 0.15) is 27.4 Å². The molecule has 0 unspecified atom stereocenters. The van der Waals surface area contributed by atoms with Crippen molar-refractivity contribution in [1.82, 2.24) is 15.0 Å². The van der Waals surface area contributed by atoms with Crippen LogP contribution in [-0.2, 0) is 12.7 Å². The summed E-state index contributed by atoms with van der Waals surface area (Å²) in [5.41, 5.74) is 0.498. The molecule has 1 saturated heterocycles. The molecule has 0 spiro atoms. The van der Waals surface area contributed by atoms with Gasteiger partial charge in [0.25, 0.3) is 5.91 Å². The van der Waals surface area contributed by atoms with Gasteiger partial charge >= 0.3 is 6.18 Å². The molecule has 6 nitrogen and oxygen atoms in total. The highest BCUT2D eigenvalue weighted by molar-refractivity contribution is 5.94. The predicted octanol–water partition coefficient (Wildman–Crippen LogP) is 3.03. The minimum Gasteiger partial charge on any atom is -0.367 e. The number of amides is 1. The van der Waals surface area contributed by atoms with Crippen LogP contribution in [0.3, 0.4) is 0 Å². The highest BCUT2D eigenvalue weighted by atomic mass is 19.4. The molecular formula is C19H23F3N4O2. The second-order valence-corrected chi connectivity index (χ2v) is 7.10. The molecule has 0 bridgehead atoms. The zero-order chi connectivity index (χ0) is 20.5. The van der Waals surface area contributed by atoms with E-state index in [0.717, 1.165) is 11.6 Å². The van der Waals surface area contributed by atoms with Gasteiger partial charge in [0, 0.05) is 44.0 Å². The van der Waals surface area contributed by atoms with Crippen LogP contribution in [0.2, 0.25) is 0 Å². The monoisotopic (exact) mass is 396 g/mol. The highest BCUT2D eigenvalue weighted by Crippen LogP contribution is 2.36. The number of rotatable bonds is 4. The number of benzene rings is 1. The maximum Gasteiger partial charge on any atom is 0.418 e. The fraction of sp³-hybridized carbons (Fsp3) is 0.474. The summed E-state index contributed by atoms with van der Waals surface area (Å²) in [6.45, 7) is 3.55. The normalized spacial score (nSPS) is 15.4. The molecule has 9 heteroatoms. The summed E-state index contributed by atoms with van der Waals surface area (Å²) < 4.78 is 45.0. The molecular weight excluding hydrogens is 373 g/mol. The number of para-hydroxylation sites is 1. The third kappa shape index (κ3) is 4.14. The maximum atomic E-state index is 13.3. The molecule has 1 aliphatic rings. The van der Waals surface area contributed by atoms with Crippen molar-refractivity contribution in [2.75, 3.05) is 45.2 Å². The summed E-state index contributed by atoms with van der Waals surface area (Å²) in [4.78, 5) is 18.1. The van der Waals surface area contributed by atoms with Crippen LogP contribution in [0.5, 0.6) is 0 Å². The van der Waals surface area contributed by atoms with Crippen LogP contribution in [0.25, 0.3) is 0 Å². The topological polar surface area (TPSA) is 52.8 Å². The van der Waals surface area contributed by atoms with E-state index in [1.165, 1.54) is 12.1 Å². The van der Waals surface area contributed by atoms with Crippen LogP contribution in [0.15, 0.2) is 28.8 Å². The van der Waals surface area contributed by atoms with E-state index in [1.807, 2.05) is 19.0 Å². The largest absolute Gasteiger partial charge is 0.418 e. The number of carbonyl (C=O) groups excluding carboxylic acids is 1. The minimum absolute atomic E-state index is 0.146. The van der Waals surface area contributed by atoms with Crippen molar-refractivity contribution < 1.29 is 22.5 Å². The number of hydrogen-bond acceptors (Lipinski definition) is 5. The van der Waals surface area contributed by atoms with Crippen molar-refractivity contribution in [3.63, 3.8) is 0 Å². The van der Waals surface area contributed by atoms with Gasteiger partial charge in [-0.2, -0.15) is 13.2 Å². The van der Waals surface area contributed by atoms with Gasteiger partial charge in [-0.25, -0.2) is 0 Å². The lowest BCUT2D eigenvalue weighted by Crippen LogP contribution is -2.49. The first-order valence-corrected chi connectivity index (χ1v) is 8.99. The minimum atomic E-state index is -4.41. The summed E-state index contributed by atoms with van der Waals surface area (Å²) in [5, 5.41) is 3.91. The quantitative estimate of drug-likeness (QED) is 0.795. The Bertz CT molecular complexity index is 840. The second kappa shape index (κ2) is 7.83. The Morgan fingerprint density at radius 2 is 1.82 bits per heavy atom. The van der Waals surface area contributed by atoms with Crippen molar-refractivity contribution in [1.29, 1.82) is 0 Å². The lowest BCUT2D eigenvalue weighted by molar-refractivity contribution is -0.137. The molecule has 0 aliphatic carbocycles. The van der Waals surface area contributed by atoms with Gasteiger partial charge in [0.05, 0.1) is 5.56 Å². The van der Waals surface area contributed by atoms with E-state index in [9.17, 15) is 18.0 Å². The van der Waals surface area contributed by atoms with Crippen molar-refractivity contribution in [2.24, 2.45) is 0 Å². The van der Waals surface area contributed by atoms with Crippen molar-refractivity contribution >= 4 is 11.6 Å². The molecule has 1 amide bonds. The number of nitrogens with zero attached hydrogens (tertiary/aromatic N) is 4. The molecule has 1 aromatic carbocycles. The van der Waals surface area contributed by atoms with E-state index in [0.29, 0.717) is 38.5 Å². The number of halogens is 3. The fourth-order valence-electron chi connectivity index (χ4n) is 3.35. The first kappa shape index (κ1) is 20.2. The summed E-state index contributed by atoms with van der Waals surface area (Å²) in [5.74, 6) is 0.340. The van der Waals surface area contributed by atoms with E-state index in [2.05, 4.69) is 5.16 Å². The average molecular weight is 396 g/mol. The van der Waals surface area contributed by atoms with Gasteiger partial charge in [-0.15, -0.1) is 0 Å². The van der Waals surface area contributed by atoms with E-state index in [1.54, 1.807) is 22.8 Å². The molecule has 152 valence electrons. The molecule has 3 rings (SSSR count). The van der Waals surface area contributed by atoms with Crippen LogP contribution in [-0.4, -0.2) is 61.1 Å². The van der Waals surface area contributed by atoms with Gasteiger partial charge < -0.3 is 19.2 Å². The molecule has 0 N–H and O–H groups in total. The van der Waals surface area contributed by atoms with Crippen LogP contribution in [0, 0.1) is 6.92 Å². The SMILES string of the molecule is Cc1onc(C(=O)N2CCN(c3ccccc3C(F)(F)F)CC2)c1CN(C)C. The van der Waals surface area contributed by atoms with Gasteiger partial charge in [-0.05, 0) is 33.2 Å². The number of aromatic nitrogens is 1. The molecule has 0 radical (unpaired) electrons. The Balaban J connectivity index is 1.73. The van der Waals surface area contributed by atoms with Gasteiger partial charge in [-0.1, -0.05) is 17.3 Å². The Hall–Kier alpha value is -2.55. The van der Waals surface area contributed by atoms with Crippen molar-refractivity contribution in [3.8, 4) is 0 Å². The summed E-state index contributed by atoms with van der Waals surface area (Å²) >= 11 is 0. The molecule has 0 saturated carbocycles. The molecule has 1 fully saturated rings. The molecule has 0 atom stereocenters. The highest BCUT2D eigenvalue weighted by Gasteiger charge is 2.36. The molecule has 2 aromatic rings. The van der Waals surface area contributed by atoms with E-state index < -0.39 is 11.7 Å². The lowest BCUT2D eigenvalue weighted by atomic mass is 10.1. The molecule has 2 heterocycles.